The summed E-state index contributed by atoms with van der Waals surface area (Å²) in [6, 6.07) is 9.97. The molecule has 2 atom stereocenters. The second-order valence-electron chi connectivity index (χ2n) is 5.46. The van der Waals surface area contributed by atoms with Crippen LogP contribution in [0.5, 0.6) is 0 Å². The quantitative estimate of drug-likeness (QED) is 0.848. The minimum absolute atomic E-state index is 0.0229. The summed E-state index contributed by atoms with van der Waals surface area (Å²) in [5.41, 5.74) is 1.75. The monoisotopic (exact) mass is 318 g/mol. The SMILES string of the molecule is O=c1[nH]c(=S)c(Cc2ccccc2)cn1[C@H]1CC[C@@H](CO)O1. The van der Waals surface area contributed by atoms with Gasteiger partial charge < -0.3 is 9.84 Å². The number of rotatable bonds is 4. The predicted molar refractivity (Wildman–Crippen MR) is 85.4 cm³/mol. The van der Waals surface area contributed by atoms with Gasteiger partial charge >= 0.3 is 5.69 Å². The maximum absolute atomic E-state index is 12.1. The Labute approximate surface area is 133 Å². The molecule has 6 heteroatoms. The van der Waals surface area contributed by atoms with Crippen molar-refractivity contribution in [3.05, 3.63) is 62.8 Å². The summed E-state index contributed by atoms with van der Waals surface area (Å²) in [5.74, 6) is 0. The standard InChI is InChI=1S/C16H18N2O3S/c19-10-13-6-7-14(21-13)18-9-12(15(22)17-16(18)20)8-11-4-2-1-3-5-11/h1-5,9,13-14,19H,6-8,10H2,(H,17,20,22)/t13-,14+/m0/s1. The summed E-state index contributed by atoms with van der Waals surface area (Å²) in [7, 11) is 0. The lowest BCUT2D eigenvalue weighted by molar-refractivity contribution is -0.0247. The molecule has 0 saturated carbocycles. The number of hydrogen-bond acceptors (Lipinski definition) is 4. The third-order valence-electron chi connectivity index (χ3n) is 3.88. The van der Waals surface area contributed by atoms with Crippen molar-refractivity contribution in [2.24, 2.45) is 0 Å². The molecule has 2 heterocycles. The molecule has 2 N–H and O–H groups in total. The van der Waals surface area contributed by atoms with Crippen molar-refractivity contribution in [3.63, 3.8) is 0 Å². The fourth-order valence-electron chi connectivity index (χ4n) is 2.71. The first-order chi connectivity index (χ1) is 10.7. The van der Waals surface area contributed by atoms with Gasteiger partial charge in [0.05, 0.1) is 12.7 Å². The Morgan fingerprint density at radius 2 is 2.09 bits per heavy atom. The van der Waals surface area contributed by atoms with Crippen LogP contribution in [0.25, 0.3) is 0 Å². The van der Waals surface area contributed by atoms with Gasteiger partial charge in [0.2, 0.25) is 0 Å². The van der Waals surface area contributed by atoms with E-state index in [2.05, 4.69) is 4.98 Å². The molecular weight excluding hydrogens is 300 g/mol. The molecular formula is C16H18N2O3S. The van der Waals surface area contributed by atoms with E-state index in [-0.39, 0.29) is 24.6 Å². The molecule has 1 fully saturated rings. The lowest BCUT2D eigenvalue weighted by Gasteiger charge is -2.16. The highest BCUT2D eigenvalue weighted by Crippen LogP contribution is 2.27. The number of aliphatic hydroxyl groups is 1. The summed E-state index contributed by atoms with van der Waals surface area (Å²) in [6.07, 6.45) is 3.35. The summed E-state index contributed by atoms with van der Waals surface area (Å²) in [4.78, 5) is 14.8. The first-order valence-corrected chi connectivity index (χ1v) is 7.73. The number of aliphatic hydroxyl groups excluding tert-OH is 1. The minimum atomic E-state index is -0.342. The van der Waals surface area contributed by atoms with Gasteiger partial charge in [-0.2, -0.15) is 0 Å². The van der Waals surface area contributed by atoms with Gasteiger partial charge in [0.25, 0.3) is 0 Å². The van der Waals surface area contributed by atoms with E-state index in [9.17, 15) is 4.79 Å². The van der Waals surface area contributed by atoms with Crippen LogP contribution in [0.4, 0.5) is 0 Å². The van der Waals surface area contributed by atoms with Gasteiger partial charge in [0.15, 0.2) is 0 Å². The van der Waals surface area contributed by atoms with E-state index in [1.165, 1.54) is 0 Å². The molecule has 0 aliphatic carbocycles. The van der Waals surface area contributed by atoms with E-state index < -0.39 is 0 Å². The molecule has 5 nitrogen and oxygen atoms in total. The third-order valence-corrected chi connectivity index (χ3v) is 4.24. The van der Waals surface area contributed by atoms with Crippen molar-refractivity contribution in [3.8, 4) is 0 Å². The van der Waals surface area contributed by atoms with Gasteiger partial charge in [-0.05, 0) is 18.4 Å². The van der Waals surface area contributed by atoms with Crippen molar-refractivity contribution in [2.45, 2.75) is 31.6 Å². The molecule has 0 spiro atoms. The fourth-order valence-corrected chi connectivity index (χ4v) is 2.92. The Morgan fingerprint density at radius 3 is 2.77 bits per heavy atom. The van der Waals surface area contributed by atoms with Crippen LogP contribution in [0.15, 0.2) is 41.3 Å². The molecule has 1 saturated heterocycles. The Hall–Kier alpha value is -1.76. The average Bonchev–Trinajstić information content (AvgIpc) is 3.00. The second-order valence-corrected chi connectivity index (χ2v) is 5.86. The van der Waals surface area contributed by atoms with E-state index in [0.717, 1.165) is 17.5 Å². The zero-order valence-corrected chi connectivity index (χ0v) is 12.9. The van der Waals surface area contributed by atoms with Crippen LogP contribution in [-0.4, -0.2) is 27.4 Å². The van der Waals surface area contributed by atoms with Crippen molar-refractivity contribution in [2.75, 3.05) is 6.61 Å². The number of ether oxygens (including phenoxy) is 1. The number of nitrogens with zero attached hydrogens (tertiary/aromatic N) is 1. The zero-order valence-electron chi connectivity index (χ0n) is 12.1. The highest BCUT2D eigenvalue weighted by Gasteiger charge is 2.26. The number of hydrogen-bond donors (Lipinski definition) is 2. The normalized spacial score (nSPS) is 21.1. The van der Waals surface area contributed by atoms with Gasteiger partial charge in [0.1, 0.15) is 10.9 Å². The molecule has 1 aromatic carbocycles. The smallest absolute Gasteiger partial charge is 0.328 e. The molecule has 116 valence electrons. The third kappa shape index (κ3) is 3.19. The summed E-state index contributed by atoms with van der Waals surface area (Å²) >= 11 is 5.27. The molecule has 2 aromatic rings. The largest absolute Gasteiger partial charge is 0.394 e. The Morgan fingerprint density at radius 1 is 1.32 bits per heavy atom. The van der Waals surface area contributed by atoms with E-state index in [0.29, 0.717) is 17.5 Å². The van der Waals surface area contributed by atoms with Crippen LogP contribution in [0.3, 0.4) is 0 Å². The Bertz CT molecular complexity index is 754. The summed E-state index contributed by atoms with van der Waals surface area (Å²) < 4.78 is 7.69. The van der Waals surface area contributed by atoms with E-state index in [1.54, 1.807) is 10.8 Å². The number of nitrogens with one attached hydrogen (secondary N) is 1. The fraction of sp³-hybridized carbons (Fsp3) is 0.375. The van der Waals surface area contributed by atoms with Crippen molar-refractivity contribution in [1.29, 1.82) is 0 Å². The Kier molecular flexibility index (Phi) is 4.52. The number of H-pyrrole nitrogens is 1. The maximum Gasteiger partial charge on any atom is 0.328 e. The lowest BCUT2D eigenvalue weighted by Crippen LogP contribution is -2.28. The topological polar surface area (TPSA) is 67.2 Å². The molecule has 1 aliphatic heterocycles. The first kappa shape index (κ1) is 15.1. The molecule has 0 bridgehead atoms. The van der Waals surface area contributed by atoms with E-state index in [1.807, 2.05) is 30.3 Å². The van der Waals surface area contributed by atoms with Gasteiger partial charge in [-0.15, -0.1) is 0 Å². The van der Waals surface area contributed by atoms with E-state index >= 15 is 0 Å². The number of aromatic nitrogens is 2. The Balaban J connectivity index is 1.90. The van der Waals surface area contributed by atoms with Crippen LogP contribution in [-0.2, 0) is 11.2 Å². The van der Waals surface area contributed by atoms with Crippen LogP contribution >= 0.6 is 12.2 Å². The zero-order chi connectivity index (χ0) is 15.5. The molecule has 22 heavy (non-hydrogen) atoms. The first-order valence-electron chi connectivity index (χ1n) is 7.32. The number of aromatic amines is 1. The van der Waals surface area contributed by atoms with E-state index in [4.69, 9.17) is 22.1 Å². The van der Waals surface area contributed by atoms with Gasteiger partial charge in [-0.3, -0.25) is 9.55 Å². The highest BCUT2D eigenvalue weighted by molar-refractivity contribution is 7.71. The molecule has 1 aliphatic rings. The summed E-state index contributed by atoms with van der Waals surface area (Å²) in [6.45, 7) is -0.0229. The van der Waals surface area contributed by atoms with Crippen LogP contribution in [0.1, 0.15) is 30.2 Å². The molecule has 3 rings (SSSR count). The predicted octanol–water partition coefficient (Wildman–Crippen LogP) is 2.17. The lowest BCUT2D eigenvalue weighted by atomic mass is 10.1. The van der Waals surface area contributed by atoms with Gasteiger partial charge in [0, 0.05) is 18.2 Å². The highest BCUT2D eigenvalue weighted by atomic mass is 32.1. The second kappa shape index (κ2) is 6.56. The van der Waals surface area contributed by atoms with Crippen LogP contribution < -0.4 is 5.69 Å². The van der Waals surface area contributed by atoms with Gasteiger partial charge in [-0.1, -0.05) is 42.5 Å². The summed E-state index contributed by atoms with van der Waals surface area (Å²) in [5, 5.41) is 9.16. The van der Waals surface area contributed by atoms with Gasteiger partial charge in [-0.25, -0.2) is 4.79 Å². The molecule has 0 radical (unpaired) electrons. The van der Waals surface area contributed by atoms with Crippen LogP contribution in [0.2, 0.25) is 0 Å². The van der Waals surface area contributed by atoms with Crippen LogP contribution in [0, 0.1) is 4.64 Å². The van der Waals surface area contributed by atoms with Crippen molar-refractivity contribution >= 4 is 12.2 Å². The van der Waals surface area contributed by atoms with Crippen molar-refractivity contribution < 1.29 is 9.84 Å². The molecule has 0 unspecified atom stereocenters. The molecule has 0 amide bonds. The average molecular weight is 318 g/mol. The van der Waals surface area contributed by atoms with Crippen molar-refractivity contribution in [1.82, 2.24) is 9.55 Å². The maximum atomic E-state index is 12.1. The molecule has 1 aromatic heterocycles. The minimum Gasteiger partial charge on any atom is -0.394 e. The number of benzene rings is 1.